The number of nitrogens with zero attached hydrogens (tertiary/aromatic N) is 3. The van der Waals surface area contributed by atoms with Crippen LogP contribution < -0.4 is 15.4 Å². The molecule has 8 nitrogen and oxygen atoms in total. The molecule has 0 radical (unpaired) electrons. The molecule has 31 heavy (non-hydrogen) atoms. The number of carbonyl (C=O) groups is 1. The van der Waals surface area contributed by atoms with E-state index in [-0.39, 0.29) is 0 Å². The number of benzene rings is 1. The summed E-state index contributed by atoms with van der Waals surface area (Å²) in [5.74, 6) is 0.393. The van der Waals surface area contributed by atoms with E-state index >= 15 is 0 Å². The van der Waals surface area contributed by atoms with E-state index in [0.717, 1.165) is 44.0 Å². The number of rotatable bonds is 10. The third kappa shape index (κ3) is 5.97. The fraction of sp³-hybridized carbons (Fsp3) is 0.682. The van der Waals surface area contributed by atoms with Gasteiger partial charge in [-0.15, -0.1) is 0 Å². The molecule has 2 N–H and O–H groups in total. The van der Waals surface area contributed by atoms with E-state index in [2.05, 4.69) is 35.9 Å². The van der Waals surface area contributed by atoms with Gasteiger partial charge in [0.2, 0.25) is 5.91 Å². The first-order chi connectivity index (χ1) is 15.0. The lowest BCUT2D eigenvalue weighted by atomic mass is 9.98. The molecule has 174 valence electrons. The van der Waals surface area contributed by atoms with Crippen molar-refractivity contribution in [2.75, 3.05) is 71.0 Å². The monoisotopic (exact) mass is 452 g/mol. The number of nitrogens with two attached hydrogens (primary N) is 1. The summed E-state index contributed by atoms with van der Waals surface area (Å²) in [6.07, 6.45) is 1.99. The van der Waals surface area contributed by atoms with Gasteiger partial charge >= 0.3 is 0 Å². The van der Waals surface area contributed by atoms with Crippen molar-refractivity contribution < 1.29 is 18.5 Å². The summed E-state index contributed by atoms with van der Waals surface area (Å²) in [4.78, 5) is 16.7. The molecule has 0 aromatic heterocycles. The third-order valence-corrected chi connectivity index (χ3v) is 8.22. The Balaban J connectivity index is 1.50. The molecule has 3 rings (SSSR count). The molecule has 2 heterocycles. The second kappa shape index (κ2) is 11.3. The predicted molar refractivity (Wildman–Crippen MR) is 124 cm³/mol. The van der Waals surface area contributed by atoms with Gasteiger partial charge in [0.1, 0.15) is 28.1 Å². The first kappa shape index (κ1) is 24.0. The van der Waals surface area contributed by atoms with Crippen molar-refractivity contribution >= 4 is 22.6 Å². The molecule has 0 saturated carbocycles. The predicted octanol–water partition coefficient (Wildman–Crippen LogP) is 1.23. The molecule has 1 unspecified atom stereocenters. The van der Waals surface area contributed by atoms with Gasteiger partial charge in [-0.3, -0.25) is 4.79 Å². The van der Waals surface area contributed by atoms with Crippen molar-refractivity contribution in [1.29, 1.82) is 0 Å². The molecule has 2 fully saturated rings. The number of amides is 1. The summed E-state index contributed by atoms with van der Waals surface area (Å²) in [5, 5.41) is 0. The molecule has 1 aromatic rings. The lowest BCUT2D eigenvalue weighted by Crippen LogP contribution is -2.58. The minimum absolute atomic E-state index is 0.421. The molecule has 1 amide bonds. The lowest BCUT2D eigenvalue weighted by Gasteiger charge is -2.41. The topological polar surface area (TPSA) is 88.3 Å². The van der Waals surface area contributed by atoms with Gasteiger partial charge in [-0.05, 0) is 57.1 Å². The standard InChI is InChI=1S/C22H36N4O4S/c1-3-10-24(2)15-18-30-20-6-4-19(5-7-20)25-11-13-26(14-12-25)31(28)22(21(23)27)8-16-29-17-9-22/h4-7H,3,8-18H2,1-2H3,(H2,23,27). The van der Waals surface area contributed by atoms with Crippen LogP contribution in [0.15, 0.2) is 24.3 Å². The quantitative estimate of drug-likeness (QED) is 0.574. The number of carbonyl (C=O) groups excluding carboxylic acids is 1. The van der Waals surface area contributed by atoms with Crippen LogP contribution in [-0.2, 0) is 20.5 Å². The van der Waals surface area contributed by atoms with Crippen LogP contribution in [0.5, 0.6) is 5.75 Å². The van der Waals surface area contributed by atoms with Crippen molar-refractivity contribution in [1.82, 2.24) is 9.21 Å². The maximum atomic E-state index is 13.2. The maximum absolute atomic E-state index is 13.2. The Morgan fingerprint density at radius 3 is 2.39 bits per heavy atom. The van der Waals surface area contributed by atoms with Crippen LogP contribution in [0, 0.1) is 0 Å². The number of piperazine rings is 1. The highest BCUT2D eigenvalue weighted by atomic mass is 32.2. The molecular formula is C22H36N4O4S. The highest BCUT2D eigenvalue weighted by Crippen LogP contribution is 2.30. The molecule has 2 saturated heterocycles. The van der Waals surface area contributed by atoms with Crippen molar-refractivity contribution in [2.24, 2.45) is 5.73 Å². The van der Waals surface area contributed by atoms with Crippen LogP contribution in [0.1, 0.15) is 26.2 Å². The number of ether oxygens (including phenoxy) is 2. The van der Waals surface area contributed by atoms with Gasteiger partial charge in [0, 0.05) is 51.6 Å². The average Bonchev–Trinajstić information content (AvgIpc) is 2.80. The van der Waals surface area contributed by atoms with E-state index in [9.17, 15) is 9.00 Å². The van der Waals surface area contributed by atoms with Gasteiger partial charge in [-0.2, -0.15) is 0 Å². The first-order valence-corrected chi connectivity index (χ1v) is 12.3. The molecular weight excluding hydrogens is 416 g/mol. The zero-order valence-corrected chi connectivity index (χ0v) is 19.6. The van der Waals surface area contributed by atoms with Crippen LogP contribution in [0.4, 0.5) is 5.69 Å². The zero-order valence-electron chi connectivity index (χ0n) is 18.8. The number of hydrogen-bond acceptors (Lipinski definition) is 6. The Labute approximate surface area is 188 Å². The zero-order chi connectivity index (χ0) is 22.3. The van der Waals surface area contributed by atoms with E-state index in [0.29, 0.717) is 45.8 Å². The van der Waals surface area contributed by atoms with Crippen LogP contribution in [-0.4, -0.2) is 90.2 Å². The van der Waals surface area contributed by atoms with Gasteiger partial charge < -0.3 is 25.0 Å². The van der Waals surface area contributed by atoms with Gasteiger partial charge in [-0.1, -0.05) is 6.92 Å². The molecule has 0 spiro atoms. The van der Waals surface area contributed by atoms with Crippen LogP contribution >= 0.6 is 0 Å². The largest absolute Gasteiger partial charge is 0.492 e. The molecule has 0 aliphatic carbocycles. The van der Waals surface area contributed by atoms with E-state index in [1.54, 1.807) is 0 Å². The second-order valence-corrected chi connectivity index (χ2v) is 10.1. The van der Waals surface area contributed by atoms with Gasteiger partial charge in [-0.25, -0.2) is 8.51 Å². The SMILES string of the molecule is CCCN(C)CCOc1ccc(N2CCN(S(=O)C3(C(N)=O)CCOCC3)CC2)cc1. The van der Waals surface area contributed by atoms with Crippen molar-refractivity contribution in [2.45, 2.75) is 30.9 Å². The highest BCUT2D eigenvalue weighted by Gasteiger charge is 2.47. The van der Waals surface area contributed by atoms with Crippen molar-refractivity contribution in [3.63, 3.8) is 0 Å². The molecule has 2 aliphatic rings. The Morgan fingerprint density at radius 2 is 1.81 bits per heavy atom. The number of hydrogen-bond donors (Lipinski definition) is 1. The number of likely N-dealkylation sites (N-methyl/N-ethyl adjacent to an activating group) is 1. The van der Waals surface area contributed by atoms with Crippen LogP contribution in [0.3, 0.4) is 0 Å². The lowest BCUT2D eigenvalue weighted by molar-refractivity contribution is -0.122. The Kier molecular flexibility index (Phi) is 8.71. The summed E-state index contributed by atoms with van der Waals surface area (Å²) < 4.78 is 25.4. The maximum Gasteiger partial charge on any atom is 0.237 e. The van der Waals surface area contributed by atoms with E-state index < -0.39 is 21.6 Å². The fourth-order valence-electron chi connectivity index (χ4n) is 4.13. The summed E-state index contributed by atoms with van der Waals surface area (Å²) in [6.45, 7) is 8.45. The molecule has 2 aliphatic heterocycles. The van der Waals surface area contributed by atoms with E-state index in [4.69, 9.17) is 15.2 Å². The van der Waals surface area contributed by atoms with Crippen LogP contribution in [0.25, 0.3) is 0 Å². The smallest absolute Gasteiger partial charge is 0.237 e. The van der Waals surface area contributed by atoms with Gasteiger partial charge in [0.25, 0.3) is 0 Å². The van der Waals surface area contributed by atoms with Crippen molar-refractivity contribution in [3.8, 4) is 5.75 Å². The molecule has 9 heteroatoms. The molecule has 1 atom stereocenters. The highest BCUT2D eigenvalue weighted by molar-refractivity contribution is 7.85. The van der Waals surface area contributed by atoms with Crippen molar-refractivity contribution in [3.05, 3.63) is 24.3 Å². The first-order valence-electron chi connectivity index (χ1n) is 11.2. The minimum Gasteiger partial charge on any atom is -0.492 e. The summed E-state index contributed by atoms with van der Waals surface area (Å²) in [5.41, 5.74) is 6.79. The Hall–Kier alpha value is -1.68. The second-order valence-electron chi connectivity index (χ2n) is 8.28. The number of primary amides is 1. The molecule has 1 aromatic carbocycles. The average molecular weight is 453 g/mol. The Bertz CT molecular complexity index is 732. The van der Waals surface area contributed by atoms with Crippen LogP contribution in [0.2, 0.25) is 0 Å². The minimum atomic E-state index is -1.44. The van der Waals surface area contributed by atoms with E-state index in [1.807, 2.05) is 16.4 Å². The van der Waals surface area contributed by atoms with Gasteiger partial charge in [0.05, 0.1) is 0 Å². The fourth-order valence-corrected chi connectivity index (χ4v) is 5.81. The summed E-state index contributed by atoms with van der Waals surface area (Å²) in [7, 11) is 0.669. The normalized spacial score (nSPS) is 20.5. The van der Waals surface area contributed by atoms with Gasteiger partial charge in [0.15, 0.2) is 0 Å². The summed E-state index contributed by atoms with van der Waals surface area (Å²) in [6, 6.07) is 8.15. The summed E-state index contributed by atoms with van der Waals surface area (Å²) >= 11 is 0. The third-order valence-electron chi connectivity index (χ3n) is 6.11. The molecule has 0 bridgehead atoms. The van der Waals surface area contributed by atoms with E-state index in [1.165, 1.54) is 0 Å². The number of anilines is 1. The Morgan fingerprint density at radius 1 is 1.16 bits per heavy atom.